The molecule has 112 valence electrons. The van der Waals surface area contributed by atoms with Crippen molar-refractivity contribution < 1.29 is 21.6 Å². The number of hydrogen-bond acceptors (Lipinski definition) is 5. The van der Waals surface area contributed by atoms with Crippen molar-refractivity contribution in [1.82, 2.24) is 0 Å². The number of aryl methyl sites for hydroxylation is 1. The van der Waals surface area contributed by atoms with Crippen LogP contribution in [-0.4, -0.2) is 34.4 Å². The zero-order valence-corrected chi connectivity index (χ0v) is 14.4. The van der Waals surface area contributed by atoms with Crippen LogP contribution in [0.3, 0.4) is 0 Å². The topological polar surface area (TPSA) is 77.5 Å². The van der Waals surface area contributed by atoms with E-state index in [1.807, 2.05) is 0 Å². The smallest absolute Gasteiger partial charge is 0.265 e. The number of ether oxygens (including phenoxy) is 1. The van der Waals surface area contributed by atoms with E-state index in [1.54, 1.807) is 13.0 Å². The van der Waals surface area contributed by atoms with Crippen molar-refractivity contribution in [1.29, 1.82) is 0 Å². The molecule has 5 nitrogen and oxygen atoms in total. The summed E-state index contributed by atoms with van der Waals surface area (Å²) in [6.07, 6.45) is -0.198. The Hall–Kier alpha value is -0.310. The third-order valence-corrected chi connectivity index (χ3v) is 6.47. The molecule has 1 aromatic carbocycles. The summed E-state index contributed by atoms with van der Waals surface area (Å²) in [6.45, 7) is 1.68. The molecule has 0 spiro atoms. The summed E-state index contributed by atoms with van der Waals surface area (Å²) in [5, 5.41) is 0. The maximum atomic E-state index is 11.6. The number of benzene rings is 1. The minimum absolute atomic E-state index is 0.0518. The molecule has 1 fully saturated rings. The van der Waals surface area contributed by atoms with Crippen LogP contribution in [0.5, 0.6) is 5.75 Å². The molecule has 1 saturated heterocycles. The normalized spacial score (nSPS) is 21.9. The predicted molar refractivity (Wildman–Crippen MR) is 79.6 cm³/mol. The van der Waals surface area contributed by atoms with Crippen molar-refractivity contribution in [2.75, 3.05) is 11.5 Å². The van der Waals surface area contributed by atoms with Crippen LogP contribution in [0.1, 0.15) is 12.0 Å². The Morgan fingerprint density at radius 2 is 2.05 bits per heavy atom. The fourth-order valence-electron chi connectivity index (χ4n) is 2.05. The van der Waals surface area contributed by atoms with Gasteiger partial charge in [-0.15, -0.1) is 0 Å². The first-order chi connectivity index (χ1) is 9.08. The molecule has 1 aliphatic heterocycles. The van der Waals surface area contributed by atoms with Gasteiger partial charge in [0.25, 0.3) is 9.05 Å². The van der Waals surface area contributed by atoms with Gasteiger partial charge in [0.05, 0.1) is 11.5 Å². The monoisotopic (exact) mass is 402 g/mol. The summed E-state index contributed by atoms with van der Waals surface area (Å²) in [7, 11) is -1.68. The van der Waals surface area contributed by atoms with E-state index in [2.05, 4.69) is 15.9 Å². The van der Waals surface area contributed by atoms with Crippen LogP contribution in [0.4, 0.5) is 0 Å². The number of halogens is 2. The molecule has 1 heterocycles. The highest BCUT2D eigenvalue weighted by atomic mass is 79.9. The molecule has 1 aliphatic rings. The van der Waals surface area contributed by atoms with E-state index in [4.69, 9.17) is 15.4 Å². The SMILES string of the molecule is Cc1cc(Br)cc(S(=O)(=O)Cl)c1OC1CCS(=O)(=O)C1. The van der Waals surface area contributed by atoms with Crippen LogP contribution in [0.2, 0.25) is 0 Å². The Kier molecular flexibility index (Phi) is 4.40. The van der Waals surface area contributed by atoms with Crippen molar-refractivity contribution in [3.05, 3.63) is 22.2 Å². The predicted octanol–water partition coefficient (Wildman–Crippen LogP) is 2.25. The van der Waals surface area contributed by atoms with Crippen molar-refractivity contribution in [3.63, 3.8) is 0 Å². The molecule has 9 heteroatoms. The first-order valence-electron chi connectivity index (χ1n) is 5.70. The van der Waals surface area contributed by atoms with Crippen molar-refractivity contribution >= 4 is 45.5 Å². The number of sulfone groups is 1. The molecule has 0 radical (unpaired) electrons. The van der Waals surface area contributed by atoms with Gasteiger partial charge in [-0.3, -0.25) is 0 Å². The second-order valence-electron chi connectivity index (χ2n) is 4.63. The van der Waals surface area contributed by atoms with Crippen LogP contribution in [-0.2, 0) is 18.9 Å². The average molecular weight is 404 g/mol. The standard InChI is InChI=1S/C11H12BrClO5S2/c1-7-4-8(12)5-10(20(13,16)17)11(7)18-9-2-3-19(14,15)6-9/h4-5,9H,2-3,6H2,1H3. The quantitative estimate of drug-likeness (QED) is 0.723. The molecule has 0 aromatic heterocycles. The van der Waals surface area contributed by atoms with E-state index >= 15 is 0 Å². The lowest BCUT2D eigenvalue weighted by Gasteiger charge is -2.17. The lowest BCUT2D eigenvalue weighted by atomic mass is 10.2. The molecule has 0 bridgehead atoms. The van der Waals surface area contributed by atoms with Crippen LogP contribution in [0, 0.1) is 6.92 Å². The highest BCUT2D eigenvalue weighted by molar-refractivity contribution is 9.10. The van der Waals surface area contributed by atoms with E-state index < -0.39 is 25.0 Å². The van der Waals surface area contributed by atoms with Gasteiger partial charge in [-0.1, -0.05) is 15.9 Å². The van der Waals surface area contributed by atoms with Gasteiger partial charge in [-0.05, 0) is 31.0 Å². The lowest BCUT2D eigenvalue weighted by molar-refractivity contribution is 0.221. The minimum Gasteiger partial charge on any atom is -0.488 e. The largest absolute Gasteiger partial charge is 0.488 e. The van der Waals surface area contributed by atoms with Crippen molar-refractivity contribution in [2.45, 2.75) is 24.3 Å². The molecule has 1 atom stereocenters. The molecule has 2 rings (SSSR count). The van der Waals surface area contributed by atoms with E-state index in [9.17, 15) is 16.8 Å². The van der Waals surface area contributed by atoms with Gasteiger partial charge in [0.15, 0.2) is 9.84 Å². The van der Waals surface area contributed by atoms with Gasteiger partial charge in [-0.2, -0.15) is 0 Å². The third kappa shape index (κ3) is 3.66. The fraction of sp³-hybridized carbons (Fsp3) is 0.455. The first kappa shape index (κ1) is 16.1. The van der Waals surface area contributed by atoms with Gasteiger partial charge in [0, 0.05) is 15.2 Å². The van der Waals surface area contributed by atoms with E-state index in [1.165, 1.54) is 6.07 Å². The van der Waals surface area contributed by atoms with Crippen molar-refractivity contribution in [2.24, 2.45) is 0 Å². The van der Waals surface area contributed by atoms with Gasteiger partial charge >= 0.3 is 0 Å². The Labute approximate surface area is 130 Å². The maximum absolute atomic E-state index is 11.6. The van der Waals surface area contributed by atoms with Crippen LogP contribution in [0.15, 0.2) is 21.5 Å². The summed E-state index contributed by atoms with van der Waals surface area (Å²) < 4.78 is 52.2. The summed E-state index contributed by atoms with van der Waals surface area (Å²) in [6, 6.07) is 3.03. The maximum Gasteiger partial charge on any atom is 0.265 e. The number of hydrogen-bond donors (Lipinski definition) is 0. The average Bonchev–Trinajstić information content (AvgIpc) is 2.60. The molecule has 20 heavy (non-hydrogen) atoms. The van der Waals surface area contributed by atoms with Crippen LogP contribution >= 0.6 is 26.6 Å². The lowest BCUT2D eigenvalue weighted by Crippen LogP contribution is -2.19. The summed E-state index contributed by atoms with van der Waals surface area (Å²) in [4.78, 5) is -0.157. The molecular weight excluding hydrogens is 392 g/mol. The molecule has 0 N–H and O–H groups in total. The minimum atomic E-state index is -3.98. The highest BCUT2D eigenvalue weighted by Gasteiger charge is 2.31. The van der Waals surface area contributed by atoms with E-state index in [0.29, 0.717) is 16.5 Å². The summed E-state index contributed by atoms with van der Waals surface area (Å²) in [5.41, 5.74) is 0.572. The second-order valence-corrected chi connectivity index (χ2v) is 10.3. The Balaban J connectivity index is 2.42. The summed E-state index contributed by atoms with van der Waals surface area (Å²) >= 11 is 3.20. The molecule has 0 amide bonds. The molecule has 1 unspecified atom stereocenters. The van der Waals surface area contributed by atoms with Crippen LogP contribution < -0.4 is 4.74 Å². The molecular formula is C11H12BrClO5S2. The van der Waals surface area contributed by atoms with Crippen LogP contribution in [0.25, 0.3) is 0 Å². The number of rotatable bonds is 3. The summed E-state index contributed by atoms with van der Waals surface area (Å²) in [5.74, 6) is 0.0609. The van der Waals surface area contributed by atoms with Gasteiger partial charge in [0.2, 0.25) is 0 Å². The Bertz CT molecular complexity index is 742. The van der Waals surface area contributed by atoms with Gasteiger partial charge in [-0.25, -0.2) is 16.8 Å². The fourth-order valence-corrected chi connectivity index (χ4v) is 5.41. The molecule has 0 saturated carbocycles. The zero-order chi connectivity index (χ0) is 15.1. The third-order valence-electron chi connectivity index (χ3n) is 2.94. The second kappa shape index (κ2) is 5.47. The highest BCUT2D eigenvalue weighted by Crippen LogP contribution is 2.35. The van der Waals surface area contributed by atoms with Crippen molar-refractivity contribution in [3.8, 4) is 5.75 Å². The Morgan fingerprint density at radius 1 is 1.40 bits per heavy atom. The molecule has 0 aliphatic carbocycles. The first-order valence-corrected chi connectivity index (χ1v) is 10.6. The van der Waals surface area contributed by atoms with E-state index in [-0.39, 0.29) is 22.2 Å². The van der Waals surface area contributed by atoms with E-state index in [0.717, 1.165) is 0 Å². The Morgan fingerprint density at radius 3 is 2.55 bits per heavy atom. The molecule has 1 aromatic rings. The van der Waals surface area contributed by atoms with Gasteiger partial charge < -0.3 is 4.74 Å². The zero-order valence-electron chi connectivity index (χ0n) is 10.5. The van der Waals surface area contributed by atoms with Gasteiger partial charge in [0.1, 0.15) is 16.7 Å².